The Hall–Kier alpha value is -3.20. The van der Waals surface area contributed by atoms with Crippen molar-refractivity contribution in [2.75, 3.05) is 5.32 Å². The van der Waals surface area contributed by atoms with Gasteiger partial charge >= 0.3 is 5.97 Å². The van der Waals surface area contributed by atoms with E-state index in [0.29, 0.717) is 11.3 Å². The van der Waals surface area contributed by atoms with Crippen molar-refractivity contribution >= 4 is 39.2 Å². The second-order valence-corrected chi connectivity index (χ2v) is 8.68. The van der Waals surface area contributed by atoms with Crippen LogP contribution >= 0.6 is 11.6 Å². The van der Waals surface area contributed by atoms with Crippen LogP contribution in [-0.2, 0) is 19.6 Å². The average Bonchev–Trinajstić information content (AvgIpc) is 2.73. The molecule has 7 nitrogen and oxygen atoms in total. The van der Waals surface area contributed by atoms with Gasteiger partial charge in [0.05, 0.1) is 10.6 Å². The molecule has 0 aliphatic heterocycles. The van der Waals surface area contributed by atoms with Crippen LogP contribution in [0, 0.1) is 6.92 Å². The van der Waals surface area contributed by atoms with Gasteiger partial charge in [0, 0.05) is 11.3 Å². The van der Waals surface area contributed by atoms with Crippen molar-refractivity contribution in [2.45, 2.75) is 17.9 Å². The number of hydrogen-bond donors (Lipinski definition) is 2. The van der Waals surface area contributed by atoms with E-state index in [1.807, 2.05) is 19.1 Å². The van der Waals surface area contributed by atoms with Crippen molar-refractivity contribution in [3.8, 4) is 0 Å². The topological polar surface area (TPSA) is 116 Å². The second-order valence-electron chi connectivity index (χ2n) is 6.74. The Bertz CT molecular complexity index is 1210. The van der Waals surface area contributed by atoms with E-state index in [1.165, 1.54) is 12.1 Å². The van der Waals surface area contributed by atoms with Crippen LogP contribution in [0.15, 0.2) is 77.7 Å². The molecule has 1 amide bonds. The lowest BCUT2D eigenvalue weighted by Crippen LogP contribution is -2.26. The Labute approximate surface area is 184 Å². The van der Waals surface area contributed by atoms with Crippen LogP contribution < -0.4 is 10.5 Å². The number of halogens is 1. The number of primary sulfonamides is 1. The molecule has 0 fully saturated rings. The van der Waals surface area contributed by atoms with Gasteiger partial charge in [0.2, 0.25) is 16.1 Å². The highest BCUT2D eigenvalue weighted by molar-refractivity contribution is 7.89. The maximum absolute atomic E-state index is 12.9. The smallest absolute Gasteiger partial charge is 0.339 e. The molecule has 3 aromatic rings. The predicted octanol–water partition coefficient (Wildman–Crippen LogP) is 3.83. The molecule has 0 radical (unpaired) electrons. The summed E-state index contributed by atoms with van der Waals surface area (Å²) in [4.78, 5) is 25.2. The fraction of sp³-hybridized carbons (Fsp3) is 0.0909. The Morgan fingerprint density at radius 1 is 1.00 bits per heavy atom. The Balaban J connectivity index is 1.89. The molecule has 31 heavy (non-hydrogen) atoms. The fourth-order valence-electron chi connectivity index (χ4n) is 2.77. The Morgan fingerprint density at radius 3 is 2.26 bits per heavy atom. The lowest BCUT2D eigenvalue weighted by atomic mass is 10.1. The summed E-state index contributed by atoms with van der Waals surface area (Å²) >= 11 is 5.86. The molecule has 0 spiro atoms. The summed E-state index contributed by atoms with van der Waals surface area (Å²) in [5.74, 6) is -1.47. The Morgan fingerprint density at radius 2 is 1.65 bits per heavy atom. The molecule has 0 saturated carbocycles. The van der Waals surface area contributed by atoms with Gasteiger partial charge in [0.1, 0.15) is 4.90 Å². The third kappa shape index (κ3) is 5.69. The summed E-state index contributed by atoms with van der Waals surface area (Å²) < 4.78 is 28.8. The zero-order valence-corrected chi connectivity index (χ0v) is 18.0. The number of hydrogen-bond acceptors (Lipinski definition) is 5. The zero-order valence-electron chi connectivity index (χ0n) is 16.4. The minimum absolute atomic E-state index is 0.113. The lowest BCUT2D eigenvalue weighted by Gasteiger charge is -2.18. The largest absolute Gasteiger partial charge is 0.444 e. The van der Waals surface area contributed by atoms with Crippen LogP contribution in [0.3, 0.4) is 0 Å². The van der Waals surface area contributed by atoms with E-state index in [0.717, 1.165) is 11.6 Å². The van der Waals surface area contributed by atoms with E-state index < -0.39 is 32.9 Å². The molecule has 0 aliphatic rings. The summed E-state index contributed by atoms with van der Waals surface area (Å²) in [7, 11) is -4.15. The highest BCUT2D eigenvalue weighted by atomic mass is 35.5. The van der Waals surface area contributed by atoms with Gasteiger partial charge in [-0.25, -0.2) is 18.4 Å². The molecular formula is C22H19ClN2O5S. The number of esters is 1. The number of amides is 1. The maximum atomic E-state index is 12.9. The molecule has 0 unspecified atom stereocenters. The summed E-state index contributed by atoms with van der Waals surface area (Å²) in [6.07, 6.45) is -1.27. The molecule has 0 saturated heterocycles. The third-order valence-electron chi connectivity index (χ3n) is 4.36. The van der Waals surface area contributed by atoms with Crippen LogP contribution in [-0.4, -0.2) is 20.3 Å². The quantitative estimate of drug-likeness (QED) is 0.544. The third-order valence-corrected chi connectivity index (χ3v) is 5.75. The predicted molar refractivity (Wildman–Crippen MR) is 117 cm³/mol. The van der Waals surface area contributed by atoms with E-state index in [9.17, 15) is 18.0 Å². The van der Waals surface area contributed by atoms with Gasteiger partial charge < -0.3 is 10.1 Å². The number of nitrogens with one attached hydrogen (secondary N) is 1. The van der Waals surface area contributed by atoms with Crippen LogP contribution in [0.2, 0.25) is 5.02 Å². The summed E-state index contributed by atoms with van der Waals surface area (Å²) in [6.45, 7) is 1.92. The van der Waals surface area contributed by atoms with Gasteiger partial charge in [0.25, 0.3) is 5.91 Å². The molecule has 9 heteroatoms. The van der Waals surface area contributed by atoms with Crippen molar-refractivity contribution < 1.29 is 22.7 Å². The summed E-state index contributed by atoms with van der Waals surface area (Å²) in [5.41, 5.74) is 1.90. The fourth-order valence-corrected chi connectivity index (χ4v) is 3.84. The zero-order chi connectivity index (χ0) is 22.6. The first-order chi connectivity index (χ1) is 14.6. The first kappa shape index (κ1) is 22.5. The standard InChI is InChI=1S/C22H19ClN2O5S/c1-14-7-10-17(11-8-14)25-21(26)20(15-5-3-2-4-6-15)30-22(27)16-9-12-18(23)19(13-16)31(24,28)29/h2-13,20H,1H3,(H,25,26)(H2,24,28,29)/t20-/m0/s1. The van der Waals surface area contributed by atoms with E-state index in [4.69, 9.17) is 21.5 Å². The number of rotatable bonds is 6. The molecule has 0 bridgehead atoms. The van der Waals surface area contributed by atoms with E-state index >= 15 is 0 Å². The van der Waals surface area contributed by atoms with Gasteiger partial charge in [-0.05, 0) is 37.3 Å². The van der Waals surface area contributed by atoms with E-state index in [1.54, 1.807) is 42.5 Å². The van der Waals surface area contributed by atoms with Crippen molar-refractivity contribution in [3.63, 3.8) is 0 Å². The van der Waals surface area contributed by atoms with Crippen molar-refractivity contribution in [1.82, 2.24) is 0 Å². The SMILES string of the molecule is Cc1ccc(NC(=O)[C@@H](OC(=O)c2ccc(Cl)c(S(N)(=O)=O)c2)c2ccccc2)cc1. The van der Waals surface area contributed by atoms with Crippen LogP contribution in [0.25, 0.3) is 0 Å². The van der Waals surface area contributed by atoms with Crippen molar-refractivity contribution in [3.05, 3.63) is 94.5 Å². The number of carbonyl (C=O) groups excluding carboxylic acids is 2. The van der Waals surface area contributed by atoms with Crippen LogP contribution in [0.1, 0.15) is 27.6 Å². The van der Waals surface area contributed by atoms with Gasteiger partial charge in [-0.1, -0.05) is 59.6 Å². The average molecular weight is 459 g/mol. The summed E-state index contributed by atoms with van der Waals surface area (Å²) in [6, 6.07) is 19.1. The molecule has 0 aliphatic carbocycles. The number of nitrogens with two attached hydrogens (primary N) is 1. The molecule has 3 rings (SSSR count). The number of carbonyl (C=O) groups is 2. The van der Waals surface area contributed by atoms with Gasteiger partial charge in [-0.15, -0.1) is 0 Å². The monoisotopic (exact) mass is 458 g/mol. The van der Waals surface area contributed by atoms with E-state index in [2.05, 4.69) is 5.32 Å². The highest BCUT2D eigenvalue weighted by Gasteiger charge is 2.27. The number of aryl methyl sites for hydroxylation is 1. The van der Waals surface area contributed by atoms with Gasteiger partial charge in [-0.3, -0.25) is 4.79 Å². The highest BCUT2D eigenvalue weighted by Crippen LogP contribution is 2.25. The molecule has 0 heterocycles. The molecular weight excluding hydrogens is 440 g/mol. The number of anilines is 1. The lowest BCUT2D eigenvalue weighted by molar-refractivity contribution is -0.125. The minimum Gasteiger partial charge on any atom is -0.444 e. The summed E-state index contributed by atoms with van der Waals surface area (Å²) in [5, 5.41) is 7.72. The normalized spacial score (nSPS) is 12.1. The Kier molecular flexibility index (Phi) is 6.74. The molecule has 0 aromatic heterocycles. The second kappa shape index (κ2) is 9.30. The molecule has 160 valence electrons. The van der Waals surface area contributed by atoms with Crippen LogP contribution in [0.5, 0.6) is 0 Å². The van der Waals surface area contributed by atoms with Gasteiger partial charge in [0.15, 0.2) is 0 Å². The first-order valence-corrected chi connectivity index (χ1v) is 11.0. The van der Waals surface area contributed by atoms with E-state index in [-0.39, 0.29) is 10.6 Å². The number of ether oxygens (including phenoxy) is 1. The number of benzene rings is 3. The number of sulfonamides is 1. The molecule has 3 N–H and O–H groups in total. The minimum atomic E-state index is -4.15. The van der Waals surface area contributed by atoms with Crippen molar-refractivity contribution in [1.29, 1.82) is 0 Å². The first-order valence-electron chi connectivity index (χ1n) is 9.11. The van der Waals surface area contributed by atoms with Crippen molar-refractivity contribution in [2.24, 2.45) is 5.14 Å². The maximum Gasteiger partial charge on any atom is 0.339 e. The molecule has 3 aromatic carbocycles. The van der Waals surface area contributed by atoms with Crippen LogP contribution in [0.4, 0.5) is 5.69 Å². The van der Waals surface area contributed by atoms with Gasteiger partial charge in [-0.2, -0.15) is 0 Å². The molecule has 1 atom stereocenters.